The summed E-state index contributed by atoms with van der Waals surface area (Å²) < 4.78 is 11.2. The Morgan fingerprint density at radius 1 is 1.41 bits per heavy atom. The maximum atomic E-state index is 11.7. The Hall–Kier alpha value is -1.20. The van der Waals surface area contributed by atoms with Gasteiger partial charge in [0, 0.05) is 40.7 Å². The van der Waals surface area contributed by atoms with E-state index in [2.05, 4.69) is 5.32 Å². The molecule has 2 N–H and O–H groups in total. The average Bonchev–Trinajstić information content (AvgIpc) is 2.35. The first kappa shape index (κ1) is 13.9. The predicted molar refractivity (Wildman–Crippen MR) is 67.4 cm³/mol. The minimum atomic E-state index is -1.03. The lowest BCUT2D eigenvalue weighted by molar-refractivity contribution is 0.0942. The molecule has 0 radical (unpaired) electrons. The number of benzene rings is 1. The largest absolute Gasteiger partial charge is 0.396 e. The van der Waals surface area contributed by atoms with E-state index in [4.69, 9.17) is 5.11 Å². The van der Waals surface area contributed by atoms with Crippen LogP contribution < -0.4 is 5.32 Å². The Morgan fingerprint density at radius 3 is 2.47 bits per heavy atom. The molecule has 5 heteroatoms. The average molecular weight is 255 g/mol. The molecule has 0 aliphatic rings. The zero-order valence-corrected chi connectivity index (χ0v) is 10.8. The number of aliphatic hydroxyl groups is 1. The van der Waals surface area contributed by atoms with Crippen LogP contribution in [0.3, 0.4) is 0 Å². The molecular formula is C12H17NO3S. The SMILES string of the molecule is CC(CO)CNC(=O)c1ccc(S(C)=O)cc1. The van der Waals surface area contributed by atoms with Gasteiger partial charge in [-0.2, -0.15) is 0 Å². The van der Waals surface area contributed by atoms with E-state index in [9.17, 15) is 9.00 Å². The first-order chi connectivity index (χ1) is 8.04. The van der Waals surface area contributed by atoms with Crippen LogP contribution in [0, 0.1) is 5.92 Å². The first-order valence-corrected chi connectivity index (χ1v) is 6.93. The smallest absolute Gasteiger partial charge is 0.251 e. The van der Waals surface area contributed by atoms with Gasteiger partial charge in [0.15, 0.2) is 0 Å². The topological polar surface area (TPSA) is 66.4 Å². The summed E-state index contributed by atoms with van der Waals surface area (Å²) in [6, 6.07) is 6.66. The molecule has 2 unspecified atom stereocenters. The van der Waals surface area contributed by atoms with Crippen LogP contribution in [0.1, 0.15) is 17.3 Å². The molecule has 0 bridgehead atoms. The summed E-state index contributed by atoms with van der Waals surface area (Å²) in [5.74, 6) is -0.139. The number of hydrogen-bond donors (Lipinski definition) is 2. The van der Waals surface area contributed by atoms with Crippen molar-refractivity contribution in [3.63, 3.8) is 0 Å². The predicted octanol–water partition coefficient (Wildman–Crippen LogP) is 0.782. The standard InChI is InChI=1S/C12H17NO3S/c1-9(8-14)7-13-12(15)10-3-5-11(6-4-10)17(2)16/h3-6,9,14H,7-8H2,1-2H3,(H,13,15). The van der Waals surface area contributed by atoms with Gasteiger partial charge in [-0.15, -0.1) is 0 Å². The molecule has 0 heterocycles. The molecular weight excluding hydrogens is 238 g/mol. The number of carbonyl (C=O) groups excluding carboxylic acids is 1. The van der Waals surface area contributed by atoms with Crippen molar-refractivity contribution in [1.29, 1.82) is 0 Å². The maximum Gasteiger partial charge on any atom is 0.251 e. The van der Waals surface area contributed by atoms with Gasteiger partial charge in [-0.1, -0.05) is 6.92 Å². The van der Waals surface area contributed by atoms with Gasteiger partial charge in [0.2, 0.25) is 0 Å². The van der Waals surface area contributed by atoms with Crippen LogP contribution in [-0.4, -0.2) is 34.6 Å². The van der Waals surface area contributed by atoms with Gasteiger partial charge in [-0.3, -0.25) is 9.00 Å². The molecule has 17 heavy (non-hydrogen) atoms. The van der Waals surface area contributed by atoms with Gasteiger partial charge < -0.3 is 10.4 Å². The van der Waals surface area contributed by atoms with Crippen LogP contribution in [0.15, 0.2) is 29.2 Å². The van der Waals surface area contributed by atoms with Crippen LogP contribution in [0.2, 0.25) is 0 Å². The van der Waals surface area contributed by atoms with E-state index in [0.717, 1.165) is 0 Å². The van der Waals surface area contributed by atoms with E-state index < -0.39 is 10.8 Å². The summed E-state index contributed by atoms with van der Waals surface area (Å²) >= 11 is 0. The minimum absolute atomic E-state index is 0.0429. The fraction of sp³-hybridized carbons (Fsp3) is 0.417. The van der Waals surface area contributed by atoms with Crippen molar-refractivity contribution in [2.24, 2.45) is 5.92 Å². The normalized spacial score (nSPS) is 14.1. The molecule has 2 atom stereocenters. The zero-order valence-electron chi connectivity index (χ0n) is 9.97. The number of rotatable bonds is 5. The second kappa shape index (κ2) is 6.51. The fourth-order valence-electron chi connectivity index (χ4n) is 1.23. The van der Waals surface area contributed by atoms with Crippen molar-refractivity contribution in [3.8, 4) is 0 Å². The Morgan fingerprint density at radius 2 is 2.00 bits per heavy atom. The summed E-state index contributed by atoms with van der Waals surface area (Å²) in [6.07, 6.45) is 1.60. The minimum Gasteiger partial charge on any atom is -0.396 e. The van der Waals surface area contributed by atoms with Crippen molar-refractivity contribution in [2.75, 3.05) is 19.4 Å². The molecule has 1 aromatic rings. The number of carbonyl (C=O) groups is 1. The van der Waals surface area contributed by atoms with Gasteiger partial charge in [-0.25, -0.2) is 0 Å². The van der Waals surface area contributed by atoms with Crippen LogP contribution in [0.5, 0.6) is 0 Å². The first-order valence-electron chi connectivity index (χ1n) is 5.37. The van der Waals surface area contributed by atoms with Crippen molar-refractivity contribution < 1.29 is 14.1 Å². The molecule has 1 rings (SSSR count). The van der Waals surface area contributed by atoms with Gasteiger partial charge >= 0.3 is 0 Å². The lowest BCUT2D eigenvalue weighted by Gasteiger charge is -2.09. The van der Waals surface area contributed by atoms with Crippen LogP contribution in [0.4, 0.5) is 0 Å². The quantitative estimate of drug-likeness (QED) is 0.817. The highest BCUT2D eigenvalue weighted by molar-refractivity contribution is 7.84. The molecule has 1 amide bonds. The van der Waals surface area contributed by atoms with Crippen molar-refractivity contribution in [2.45, 2.75) is 11.8 Å². The number of hydrogen-bond acceptors (Lipinski definition) is 3. The monoisotopic (exact) mass is 255 g/mol. The maximum absolute atomic E-state index is 11.7. The molecule has 0 aromatic heterocycles. The second-order valence-corrected chi connectivity index (χ2v) is 5.36. The van der Waals surface area contributed by atoms with Crippen molar-refractivity contribution in [1.82, 2.24) is 5.32 Å². The molecule has 0 aliphatic carbocycles. The van der Waals surface area contributed by atoms with E-state index in [1.54, 1.807) is 30.5 Å². The highest BCUT2D eigenvalue weighted by Gasteiger charge is 2.07. The summed E-state index contributed by atoms with van der Waals surface area (Å²) in [5.41, 5.74) is 0.532. The third kappa shape index (κ3) is 4.28. The molecule has 0 fully saturated rings. The third-order valence-electron chi connectivity index (χ3n) is 2.37. The van der Waals surface area contributed by atoms with Gasteiger partial charge in [0.05, 0.1) is 0 Å². The van der Waals surface area contributed by atoms with E-state index in [0.29, 0.717) is 17.0 Å². The van der Waals surface area contributed by atoms with Crippen molar-refractivity contribution in [3.05, 3.63) is 29.8 Å². The summed E-state index contributed by atoms with van der Waals surface area (Å²) in [5, 5.41) is 11.6. The van der Waals surface area contributed by atoms with E-state index in [1.807, 2.05) is 6.92 Å². The zero-order chi connectivity index (χ0) is 12.8. The van der Waals surface area contributed by atoms with E-state index in [-0.39, 0.29) is 18.4 Å². The highest BCUT2D eigenvalue weighted by atomic mass is 32.2. The van der Waals surface area contributed by atoms with Gasteiger partial charge in [0.25, 0.3) is 5.91 Å². The van der Waals surface area contributed by atoms with Crippen LogP contribution >= 0.6 is 0 Å². The van der Waals surface area contributed by atoms with Gasteiger partial charge in [-0.05, 0) is 30.2 Å². The molecule has 4 nitrogen and oxygen atoms in total. The Kier molecular flexibility index (Phi) is 5.31. The summed E-state index contributed by atoms with van der Waals surface area (Å²) in [6.45, 7) is 2.34. The van der Waals surface area contributed by atoms with Crippen LogP contribution in [-0.2, 0) is 10.8 Å². The molecule has 94 valence electrons. The van der Waals surface area contributed by atoms with Gasteiger partial charge in [0.1, 0.15) is 0 Å². The molecule has 1 aromatic carbocycles. The van der Waals surface area contributed by atoms with E-state index >= 15 is 0 Å². The Labute approximate surface area is 104 Å². The van der Waals surface area contributed by atoms with Crippen molar-refractivity contribution >= 4 is 16.7 Å². The number of aliphatic hydroxyl groups excluding tert-OH is 1. The molecule has 0 spiro atoms. The lowest BCUT2D eigenvalue weighted by atomic mass is 10.2. The third-order valence-corrected chi connectivity index (χ3v) is 3.31. The summed E-state index contributed by atoms with van der Waals surface area (Å²) in [4.78, 5) is 12.4. The van der Waals surface area contributed by atoms with Crippen LogP contribution in [0.25, 0.3) is 0 Å². The fourth-order valence-corrected chi connectivity index (χ4v) is 1.75. The Bertz CT molecular complexity index is 403. The molecule has 0 saturated heterocycles. The number of amides is 1. The van der Waals surface area contributed by atoms with E-state index in [1.165, 1.54) is 0 Å². The molecule has 0 saturated carbocycles. The Balaban J connectivity index is 2.61. The number of nitrogens with one attached hydrogen (secondary N) is 1. The molecule has 0 aliphatic heterocycles. The lowest BCUT2D eigenvalue weighted by Crippen LogP contribution is -2.29. The highest BCUT2D eigenvalue weighted by Crippen LogP contribution is 2.07. The second-order valence-electron chi connectivity index (χ2n) is 3.98. The summed E-state index contributed by atoms with van der Waals surface area (Å²) in [7, 11) is -1.03.